The lowest BCUT2D eigenvalue weighted by atomic mass is 10.1. The number of aromatic nitrogens is 2. The summed E-state index contributed by atoms with van der Waals surface area (Å²) in [6.45, 7) is 0. The van der Waals surface area contributed by atoms with Crippen molar-refractivity contribution >= 4 is 5.78 Å². The molecule has 7 heteroatoms. The third-order valence-corrected chi connectivity index (χ3v) is 3.11. The maximum atomic E-state index is 12.6. The van der Waals surface area contributed by atoms with Crippen molar-refractivity contribution in [1.82, 2.24) is 9.97 Å². The van der Waals surface area contributed by atoms with Crippen LogP contribution in [0.1, 0.15) is 28.2 Å². The Labute approximate surface area is 117 Å². The Morgan fingerprint density at radius 3 is 2.71 bits per heavy atom. The second-order valence-corrected chi connectivity index (χ2v) is 4.53. The Bertz CT molecular complexity index is 714. The lowest BCUT2D eigenvalue weighted by molar-refractivity contribution is -0.145. The zero-order valence-electron chi connectivity index (χ0n) is 10.6. The molecule has 4 nitrogen and oxygen atoms in total. The summed E-state index contributed by atoms with van der Waals surface area (Å²) in [5.41, 5.74) is 1.26. The molecular weight excluding hydrogens is 285 g/mol. The first-order chi connectivity index (χ1) is 9.95. The Balaban J connectivity index is 1.95. The standard InChI is InChI=1S/C14H9F3N2O2/c15-14(16,17)13-18-7-6-11(19-13)21-10-3-1-2-8-4-5-9(20)12(8)10/h1-3,6-7H,4-5H2. The van der Waals surface area contributed by atoms with E-state index in [-0.39, 0.29) is 17.4 Å². The first-order valence-corrected chi connectivity index (χ1v) is 6.18. The number of halogens is 3. The third-order valence-electron chi connectivity index (χ3n) is 3.11. The molecule has 3 rings (SSSR count). The maximum absolute atomic E-state index is 12.6. The average molecular weight is 294 g/mol. The van der Waals surface area contributed by atoms with E-state index in [9.17, 15) is 18.0 Å². The van der Waals surface area contributed by atoms with Crippen molar-refractivity contribution in [2.24, 2.45) is 0 Å². The minimum atomic E-state index is -4.65. The molecule has 0 saturated heterocycles. The molecule has 0 atom stereocenters. The highest BCUT2D eigenvalue weighted by Crippen LogP contribution is 2.33. The third kappa shape index (κ3) is 2.58. The van der Waals surface area contributed by atoms with E-state index >= 15 is 0 Å². The molecule has 1 aromatic heterocycles. The first-order valence-electron chi connectivity index (χ1n) is 6.18. The van der Waals surface area contributed by atoms with Crippen LogP contribution in [0.4, 0.5) is 13.2 Å². The van der Waals surface area contributed by atoms with Gasteiger partial charge >= 0.3 is 6.18 Å². The Morgan fingerprint density at radius 2 is 1.95 bits per heavy atom. The van der Waals surface area contributed by atoms with Gasteiger partial charge in [0.15, 0.2) is 5.78 Å². The lowest BCUT2D eigenvalue weighted by Crippen LogP contribution is -2.11. The summed E-state index contributed by atoms with van der Waals surface area (Å²) in [6.07, 6.45) is -2.68. The normalized spacial score (nSPS) is 14.1. The highest BCUT2D eigenvalue weighted by molar-refractivity contribution is 6.02. The van der Waals surface area contributed by atoms with Crippen molar-refractivity contribution < 1.29 is 22.7 Å². The monoisotopic (exact) mass is 294 g/mol. The van der Waals surface area contributed by atoms with Crippen LogP contribution >= 0.6 is 0 Å². The zero-order valence-corrected chi connectivity index (χ0v) is 10.6. The second-order valence-electron chi connectivity index (χ2n) is 4.53. The van der Waals surface area contributed by atoms with Crippen LogP contribution in [-0.4, -0.2) is 15.8 Å². The van der Waals surface area contributed by atoms with Crippen molar-refractivity contribution in [2.45, 2.75) is 19.0 Å². The molecule has 1 heterocycles. The van der Waals surface area contributed by atoms with Gasteiger partial charge in [-0.25, -0.2) is 4.98 Å². The van der Waals surface area contributed by atoms with Crippen molar-refractivity contribution in [1.29, 1.82) is 0 Å². The van der Waals surface area contributed by atoms with Gasteiger partial charge in [0.2, 0.25) is 11.7 Å². The number of aryl methyl sites for hydroxylation is 1. The van der Waals surface area contributed by atoms with Crippen LogP contribution in [0.15, 0.2) is 30.5 Å². The molecular formula is C14H9F3N2O2. The number of hydrogen-bond donors (Lipinski definition) is 0. The molecule has 0 bridgehead atoms. The summed E-state index contributed by atoms with van der Waals surface area (Å²) in [6, 6.07) is 6.25. The molecule has 0 fully saturated rings. The van der Waals surface area contributed by atoms with Crippen molar-refractivity contribution in [2.75, 3.05) is 0 Å². The van der Waals surface area contributed by atoms with E-state index in [1.807, 2.05) is 0 Å². The van der Waals surface area contributed by atoms with E-state index in [0.29, 0.717) is 18.4 Å². The maximum Gasteiger partial charge on any atom is 0.451 e. The van der Waals surface area contributed by atoms with Gasteiger partial charge in [-0.15, -0.1) is 0 Å². The largest absolute Gasteiger partial charge is 0.451 e. The zero-order chi connectivity index (χ0) is 15.0. The van der Waals surface area contributed by atoms with Crippen molar-refractivity contribution in [3.63, 3.8) is 0 Å². The highest BCUT2D eigenvalue weighted by atomic mass is 19.4. The molecule has 0 spiro atoms. The summed E-state index contributed by atoms with van der Waals surface area (Å²) >= 11 is 0. The number of alkyl halides is 3. The average Bonchev–Trinajstić information content (AvgIpc) is 2.81. The molecule has 1 aliphatic rings. The highest BCUT2D eigenvalue weighted by Gasteiger charge is 2.35. The number of carbonyl (C=O) groups is 1. The van der Waals surface area contributed by atoms with Crippen molar-refractivity contribution in [3.05, 3.63) is 47.4 Å². The molecule has 108 valence electrons. The topological polar surface area (TPSA) is 52.1 Å². The smallest absolute Gasteiger partial charge is 0.438 e. The molecule has 0 unspecified atom stereocenters. The van der Waals surface area contributed by atoms with Gasteiger partial charge in [0.25, 0.3) is 0 Å². The number of fused-ring (bicyclic) bond motifs is 1. The molecule has 0 aliphatic heterocycles. The minimum absolute atomic E-state index is 0.0781. The summed E-state index contributed by atoms with van der Waals surface area (Å²) in [5, 5.41) is 0. The number of carbonyl (C=O) groups excluding carboxylic acids is 1. The summed E-state index contributed by atoms with van der Waals surface area (Å²) < 4.78 is 43.0. The van der Waals surface area contributed by atoms with Crippen LogP contribution in [0, 0.1) is 0 Å². The molecule has 0 saturated carbocycles. The molecule has 1 aliphatic carbocycles. The number of nitrogens with zero attached hydrogens (tertiary/aromatic N) is 2. The summed E-state index contributed by atoms with van der Waals surface area (Å²) in [7, 11) is 0. The number of benzene rings is 1. The summed E-state index contributed by atoms with van der Waals surface area (Å²) in [4.78, 5) is 18.3. The quantitative estimate of drug-likeness (QED) is 0.851. The molecule has 0 amide bonds. The van der Waals surface area contributed by atoms with E-state index in [4.69, 9.17) is 4.74 Å². The Morgan fingerprint density at radius 1 is 1.14 bits per heavy atom. The van der Waals surface area contributed by atoms with Gasteiger partial charge in [-0.05, 0) is 18.1 Å². The number of hydrogen-bond acceptors (Lipinski definition) is 4. The molecule has 0 N–H and O–H groups in total. The number of ether oxygens (including phenoxy) is 1. The number of Topliss-reactive ketones (excluding diaryl/α,β-unsaturated/α-hetero) is 1. The molecule has 21 heavy (non-hydrogen) atoms. The summed E-state index contributed by atoms with van der Waals surface area (Å²) in [5.74, 6) is -1.38. The van der Waals surface area contributed by atoms with Crippen LogP contribution in [0.2, 0.25) is 0 Å². The lowest BCUT2D eigenvalue weighted by Gasteiger charge is -2.10. The van der Waals surface area contributed by atoms with Gasteiger partial charge in [0.05, 0.1) is 5.56 Å². The number of ketones is 1. The van der Waals surface area contributed by atoms with Crippen molar-refractivity contribution in [3.8, 4) is 11.6 Å². The fourth-order valence-corrected chi connectivity index (χ4v) is 2.21. The van der Waals surface area contributed by atoms with Crippen LogP contribution < -0.4 is 4.74 Å². The van der Waals surface area contributed by atoms with Gasteiger partial charge in [0, 0.05) is 18.7 Å². The number of rotatable bonds is 2. The predicted octanol–water partition coefficient (Wildman–Crippen LogP) is 3.42. The first kappa shape index (κ1) is 13.5. The van der Waals surface area contributed by atoms with Crippen LogP contribution in [0.3, 0.4) is 0 Å². The van der Waals surface area contributed by atoms with E-state index in [1.54, 1.807) is 12.1 Å². The van der Waals surface area contributed by atoms with E-state index in [1.165, 1.54) is 12.1 Å². The van der Waals surface area contributed by atoms with Gasteiger partial charge in [-0.2, -0.15) is 18.2 Å². The van der Waals surface area contributed by atoms with Gasteiger partial charge < -0.3 is 4.74 Å². The second kappa shape index (κ2) is 4.83. The van der Waals surface area contributed by atoms with Crippen LogP contribution in [-0.2, 0) is 12.6 Å². The van der Waals surface area contributed by atoms with E-state index in [0.717, 1.165) is 11.8 Å². The predicted molar refractivity (Wildman–Crippen MR) is 66.2 cm³/mol. The van der Waals surface area contributed by atoms with Crippen LogP contribution in [0.5, 0.6) is 11.6 Å². The molecule has 1 aromatic carbocycles. The SMILES string of the molecule is O=C1CCc2cccc(Oc3ccnc(C(F)(F)F)n3)c21. The minimum Gasteiger partial charge on any atom is -0.438 e. The van der Waals surface area contributed by atoms with E-state index < -0.39 is 12.0 Å². The fourth-order valence-electron chi connectivity index (χ4n) is 2.21. The van der Waals surface area contributed by atoms with Gasteiger partial charge in [0.1, 0.15) is 5.75 Å². The molecule has 2 aromatic rings. The Kier molecular flexibility index (Phi) is 3.12. The van der Waals surface area contributed by atoms with E-state index in [2.05, 4.69) is 9.97 Å². The molecule has 0 radical (unpaired) electrons. The fraction of sp³-hybridized carbons (Fsp3) is 0.214. The Hall–Kier alpha value is -2.44. The van der Waals surface area contributed by atoms with Crippen LogP contribution in [0.25, 0.3) is 0 Å². The van der Waals surface area contributed by atoms with Gasteiger partial charge in [-0.3, -0.25) is 4.79 Å². The van der Waals surface area contributed by atoms with Gasteiger partial charge in [-0.1, -0.05) is 12.1 Å².